The molecule has 3 aromatic rings. The summed E-state index contributed by atoms with van der Waals surface area (Å²) < 4.78 is 24.9. The Morgan fingerprint density at radius 3 is 2.40 bits per heavy atom. The number of sulfone groups is 1. The zero-order chi connectivity index (χ0) is 17.7. The van der Waals surface area contributed by atoms with Crippen LogP contribution >= 0.6 is 11.3 Å². The molecule has 7 nitrogen and oxygen atoms in total. The first kappa shape index (κ1) is 17.1. The summed E-state index contributed by atoms with van der Waals surface area (Å²) in [7, 11) is -3.57. The summed E-state index contributed by atoms with van der Waals surface area (Å²) in [6.07, 6.45) is 4.62. The van der Waals surface area contributed by atoms with Crippen LogP contribution in [0.3, 0.4) is 0 Å². The van der Waals surface area contributed by atoms with Crippen molar-refractivity contribution in [3.8, 4) is 0 Å². The van der Waals surface area contributed by atoms with Crippen LogP contribution in [0.25, 0.3) is 0 Å². The number of benzene rings is 1. The average Bonchev–Trinajstić information content (AvgIpc) is 3.17. The maximum atomic E-state index is 12.4. The van der Waals surface area contributed by atoms with Gasteiger partial charge in [0, 0.05) is 24.6 Å². The normalized spacial score (nSPS) is 11.0. The summed E-state index contributed by atoms with van der Waals surface area (Å²) in [4.78, 5) is 19.7. The zero-order valence-electron chi connectivity index (χ0n) is 12.9. The highest BCUT2D eigenvalue weighted by Crippen LogP contribution is 2.24. The topological polar surface area (TPSA) is 101 Å². The average molecular weight is 374 g/mol. The number of carbonyl (C=O) groups excluding carboxylic acids is 1. The quantitative estimate of drug-likeness (QED) is 0.715. The summed E-state index contributed by atoms with van der Waals surface area (Å²) in [5.41, 5.74) is 2.89. The summed E-state index contributed by atoms with van der Waals surface area (Å²) in [5.74, 6) is 0. The van der Waals surface area contributed by atoms with E-state index in [9.17, 15) is 13.2 Å². The van der Waals surface area contributed by atoms with Gasteiger partial charge in [0.25, 0.3) is 0 Å². The molecule has 2 N–H and O–H groups in total. The van der Waals surface area contributed by atoms with Gasteiger partial charge in [-0.05, 0) is 42.0 Å². The van der Waals surface area contributed by atoms with Gasteiger partial charge >= 0.3 is 6.03 Å². The van der Waals surface area contributed by atoms with Gasteiger partial charge in [-0.15, -0.1) is 11.3 Å². The van der Waals surface area contributed by atoms with E-state index in [0.29, 0.717) is 12.2 Å². The molecular weight excluding hydrogens is 360 g/mol. The van der Waals surface area contributed by atoms with Gasteiger partial charge in [0.15, 0.2) is 0 Å². The second kappa shape index (κ2) is 7.41. The van der Waals surface area contributed by atoms with Crippen LogP contribution in [0.5, 0.6) is 0 Å². The highest BCUT2D eigenvalue weighted by molar-refractivity contribution is 7.93. The van der Waals surface area contributed by atoms with E-state index in [4.69, 9.17) is 0 Å². The standard InChI is InChI=1S/C16H14N4O3S2/c21-16(19-9-12-5-7-17-8-6-12)20-13-1-3-14(4-2-13)25(22,23)15-10-18-11-24-15/h1-8,10-11H,9H2,(H2,19,20,21). The van der Waals surface area contributed by atoms with E-state index in [1.54, 1.807) is 36.7 Å². The van der Waals surface area contributed by atoms with Crippen molar-refractivity contribution in [2.45, 2.75) is 15.6 Å². The molecule has 25 heavy (non-hydrogen) atoms. The third-order valence-electron chi connectivity index (χ3n) is 3.30. The lowest BCUT2D eigenvalue weighted by Gasteiger charge is -2.08. The lowest BCUT2D eigenvalue weighted by Crippen LogP contribution is -2.28. The minimum absolute atomic E-state index is 0.152. The predicted molar refractivity (Wildman–Crippen MR) is 94.1 cm³/mol. The van der Waals surface area contributed by atoms with E-state index in [2.05, 4.69) is 20.6 Å². The molecule has 0 fully saturated rings. The third-order valence-corrected chi connectivity index (χ3v) is 6.34. The van der Waals surface area contributed by atoms with E-state index in [1.165, 1.54) is 23.8 Å². The van der Waals surface area contributed by atoms with Crippen LogP contribution in [0, 0.1) is 0 Å². The van der Waals surface area contributed by atoms with Crippen molar-refractivity contribution < 1.29 is 13.2 Å². The number of hydrogen-bond donors (Lipinski definition) is 2. The second-order valence-corrected chi connectivity index (χ2v) is 8.07. The highest BCUT2D eigenvalue weighted by atomic mass is 32.2. The van der Waals surface area contributed by atoms with Crippen molar-refractivity contribution in [3.63, 3.8) is 0 Å². The molecule has 0 unspecified atom stereocenters. The summed E-state index contributed by atoms with van der Waals surface area (Å²) in [6.45, 7) is 0.367. The third kappa shape index (κ3) is 4.20. The van der Waals surface area contributed by atoms with Gasteiger partial charge in [0.1, 0.15) is 4.21 Å². The molecule has 2 aromatic heterocycles. The van der Waals surface area contributed by atoms with E-state index in [-0.39, 0.29) is 15.1 Å². The zero-order valence-corrected chi connectivity index (χ0v) is 14.5. The van der Waals surface area contributed by atoms with Crippen molar-refractivity contribution in [1.29, 1.82) is 0 Å². The molecule has 1 aromatic carbocycles. The summed E-state index contributed by atoms with van der Waals surface area (Å²) >= 11 is 1.06. The Kier molecular flexibility index (Phi) is 5.05. The molecule has 9 heteroatoms. The summed E-state index contributed by atoms with van der Waals surface area (Å²) in [5, 5.41) is 5.37. The van der Waals surface area contributed by atoms with E-state index >= 15 is 0 Å². The van der Waals surface area contributed by atoms with Gasteiger partial charge in [-0.3, -0.25) is 9.97 Å². The monoisotopic (exact) mass is 374 g/mol. The number of hydrogen-bond acceptors (Lipinski definition) is 6. The van der Waals surface area contributed by atoms with Crippen LogP contribution in [0.15, 0.2) is 69.6 Å². The van der Waals surface area contributed by atoms with Crippen LogP contribution < -0.4 is 10.6 Å². The maximum absolute atomic E-state index is 12.4. The minimum Gasteiger partial charge on any atom is -0.334 e. The summed E-state index contributed by atoms with van der Waals surface area (Å²) in [6, 6.07) is 9.22. The van der Waals surface area contributed by atoms with Gasteiger partial charge in [0.2, 0.25) is 9.84 Å². The fourth-order valence-corrected chi connectivity index (χ4v) is 4.23. The Bertz CT molecular complexity index is 941. The fourth-order valence-electron chi connectivity index (χ4n) is 2.03. The Morgan fingerprint density at radius 1 is 1.04 bits per heavy atom. The number of nitrogens with one attached hydrogen (secondary N) is 2. The molecule has 0 saturated carbocycles. The second-order valence-electron chi connectivity index (χ2n) is 5.01. The number of carbonyl (C=O) groups is 1. The Balaban J connectivity index is 1.62. The Morgan fingerprint density at radius 2 is 1.76 bits per heavy atom. The molecule has 2 heterocycles. The molecule has 0 atom stereocenters. The number of urea groups is 1. The van der Waals surface area contributed by atoms with Gasteiger partial charge in [0.05, 0.1) is 16.6 Å². The van der Waals surface area contributed by atoms with Crippen LogP contribution in [0.1, 0.15) is 5.56 Å². The van der Waals surface area contributed by atoms with Gasteiger partial charge in [-0.2, -0.15) is 0 Å². The number of amides is 2. The lowest BCUT2D eigenvalue weighted by molar-refractivity contribution is 0.251. The number of aromatic nitrogens is 2. The molecule has 3 rings (SSSR count). The van der Waals surface area contributed by atoms with Gasteiger partial charge < -0.3 is 10.6 Å². The molecule has 0 saturated heterocycles. The predicted octanol–water partition coefficient (Wildman–Crippen LogP) is 2.69. The number of nitrogens with zero attached hydrogens (tertiary/aromatic N) is 2. The molecular formula is C16H14N4O3S2. The SMILES string of the molecule is O=C(NCc1ccncc1)Nc1ccc(S(=O)(=O)c2cncs2)cc1. The van der Waals surface area contributed by atoms with Gasteiger partial charge in [-0.25, -0.2) is 13.2 Å². The molecule has 0 spiro atoms. The largest absolute Gasteiger partial charge is 0.334 e. The Labute approximate surface area is 148 Å². The molecule has 0 aliphatic carbocycles. The van der Waals surface area contributed by atoms with Crippen LogP contribution in [0.2, 0.25) is 0 Å². The number of thiazole rings is 1. The van der Waals surface area contributed by atoms with Crippen molar-refractivity contribution in [1.82, 2.24) is 15.3 Å². The fraction of sp³-hybridized carbons (Fsp3) is 0.0625. The number of anilines is 1. The molecule has 0 aliphatic heterocycles. The number of pyridine rings is 1. The first-order chi connectivity index (χ1) is 12.1. The minimum atomic E-state index is -3.57. The smallest absolute Gasteiger partial charge is 0.319 e. The van der Waals surface area contributed by atoms with Crippen molar-refractivity contribution in [2.24, 2.45) is 0 Å². The van der Waals surface area contributed by atoms with Gasteiger partial charge in [-0.1, -0.05) is 0 Å². The van der Waals surface area contributed by atoms with Crippen molar-refractivity contribution >= 4 is 32.9 Å². The van der Waals surface area contributed by atoms with Crippen molar-refractivity contribution in [2.75, 3.05) is 5.32 Å². The Hall–Kier alpha value is -2.78. The van der Waals surface area contributed by atoms with E-state index in [0.717, 1.165) is 16.9 Å². The molecule has 0 bridgehead atoms. The molecule has 128 valence electrons. The van der Waals surface area contributed by atoms with Crippen LogP contribution in [0.4, 0.5) is 10.5 Å². The first-order valence-corrected chi connectivity index (χ1v) is 9.59. The molecule has 0 aliphatic rings. The lowest BCUT2D eigenvalue weighted by atomic mass is 10.3. The van der Waals surface area contributed by atoms with E-state index in [1.807, 2.05) is 0 Å². The molecule has 2 amide bonds. The van der Waals surface area contributed by atoms with E-state index < -0.39 is 9.84 Å². The maximum Gasteiger partial charge on any atom is 0.319 e. The van der Waals surface area contributed by atoms with Crippen LogP contribution in [-0.2, 0) is 16.4 Å². The van der Waals surface area contributed by atoms with Crippen LogP contribution in [-0.4, -0.2) is 24.4 Å². The first-order valence-electron chi connectivity index (χ1n) is 7.23. The molecule has 0 radical (unpaired) electrons. The highest BCUT2D eigenvalue weighted by Gasteiger charge is 2.19. The van der Waals surface area contributed by atoms with Crippen molar-refractivity contribution in [3.05, 3.63) is 66.1 Å². The number of rotatable bonds is 5.